The third kappa shape index (κ3) is 3.17. The number of carboxylic acid groups (broad SMARTS) is 1. The van der Waals surface area contributed by atoms with Crippen molar-refractivity contribution in [2.24, 2.45) is 0 Å². The second kappa shape index (κ2) is 6.11. The van der Waals surface area contributed by atoms with E-state index in [0.717, 1.165) is 17.1 Å². The molecule has 1 aromatic rings. The van der Waals surface area contributed by atoms with Crippen molar-refractivity contribution in [2.45, 2.75) is 24.8 Å². The minimum Gasteiger partial charge on any atom is -0.494 e. The Labute approximate surface area is 111 Å². The molecule has 0 bridgehead atoms. The average Bonchev–Trinajstić information content (AvgIpc) is 2.39. The number of rotatable bonds is 4. The molecule has 18 heavy (non-hydrogen) atoms. The highest BCUT2D eigenvalue weighted by Gasteiger charge is 2.27. The third-order valence-corrected chi connectivity index (χ3v) is 4.03. The summed E-state index contributed by atoms with van der Waals surface area (Å²) in [5.41, 5.74) is 1.07. The molecule has 2 atom stereocenters. The van der Waals surface area contributed by atoms with Gasteiger partial charge in [0.1, 0.15) is 11.8 Å². The molecular weight excluding hydrogens is 250 g/mol. The number of carboxylic acids is 1. The second-order valence-corrected chi connectivity index (χ2v) is 5.32. The molecule has 1 fully saturated rings. The van der Waals surface area contributed by atoms with Gasteiger partial charge in [-0.2, -0.15) is 0 Å². The molecule has 0 saturated carbocycles. The number of nitrogens with one attached hydrogen (secondary N) is 1. The van der Waals surface area contributed by atoms with Crippen molar-refractivity contribution < 1.29 is 14.6 Å². The summed E-state index contributed by atoms with van der Waals surface area (Å²) in [5, 5.41) is 12.2. The van der Waals surface area contributed by atoms with Crippen LogP contribution >= 0.6 is 11.8 Å². The predicted molar refractivity (Wildman–Crippen MR) is 72.0 cm³/mol. The van der Waals surface area contributed by atoms with Gasteiger partial charge in [-0.15, -0.1) is 11.8 Å². The summed E-state index contributed by atoms with van der Waals surface area (Å²) in [7, 11) is 0. The lowest BCUT2D eigenvalue weighted by Crippen LogP contribution is -2.41. The smallest absolute Gasteiger partial charge is 0.320 e. The number of carbonyl (C=O) groups is 1. The van der Waals surface area contributed by atoms with Crippen LogP contribution in [0.3, 0.4) is 0 Å². The molecule has 98 valence electrons. The minimum absolute atomic E-state index is 0.0280. The first kappa shape index (κ1) is 13.2. The summed E-state index contributed by atoms with van der Waals surface area (Å²) in [6.07, 6.45) is 0.668. The molecular formula is C13H17NO3S. The van der Waals surface area contributed by atoms with Crippen LogP contribution in [-0.4, -0.2) is 29.5 Å². The zero-order chi connectivity index (χ0) is 13.0. The summed E-state index contributed by atoms with van der Waals surface area (Å²) in [6, 6.07) is 7.37. The zero-order valence-electron chi connectivity index (χ0n) is 10.3. The van der Waals surface area contributed by atoms with Crippen molar-refractivity contribution in [1.82, 2.24) is 5.32 Å². The molecule has 0 aromatic heterocycles. The number of thioether (sulfide) groups is 1. The van der Waals surface area contributed by atoms with Crippen LogP contribution in [0.1, 0.15) is 24.3 Å². The van der Waals surface area contributed by atoms with Gasteiger partial charge in [0, 0.05) is 0 Å². The van der Waals surface area contributed by atoms with E-state index in [-0.39, 0.29) is 5.37 Å². The minimum atomic E-state index is -0.777. The highest BCUT2D eigenvalue weighted by atomic mass is 32.2. The molecule has 1 aliphatic rings. The van der Waals surface area contributed by atoms with E-state index in [1.165, 1.54) is 0 Å². The second-order valence-electron chi connectivity index (χ2n) is 4.10. The van der Waals surface area contributed by atoms with Crippen molar-refractivity contribution in [3.63, 3.8) is 0 Å². The van der Waals surface area contributed by atoms with Crippen molar-refractivity contribution in [3.8, 4) is 5.75 Å². The average molecular weight is 267 g/mol. The molecule has 4 nitrogen and oxygen atoms in total. The Morgan fingerprint density at radius 2 is 2.44 bits per heavy atom. The summed E-state index contributed by atoms with van der Waals surface area (Å²) < 4.78 is 5.46. The third-order valence-electron chi connectivity index (χ3n) is 2.81. The van der Waals surface area contributed by atoms with Gasteiger partial charge in [-0.05, 0) is 36.8 Å². The van der Waals surface area contributed by atoms with Crippen LogP contribution < -0.4 is 10.1 Å². The molecule has 5 heteroatoms. The lowest BCUT2D eigenvalue weighted by molar-refractivity contribution is -0.139. The Hall–Kier alpha value is -1.20. The van der Waals surface area contributed by atoms with Gasteiger partial charge in [-0.25, -0.2) is 0 Å². The number of aliphatic carboxylic acids is 1. The number of ether oxygens (including phenoxy) is 1. The van der Waals surface area contributed by atoms with Crippen molar-refractivity contribution in [3.05, 3.63) is 29.8 Å². The van der Waals surface area contributed by atoms with E-state index in [0.29, 0.717) is 13.0 Å². The highest BCUT2D eigenvalue weighted by Crippen LogP contribution is 2.33. The van der Waals surface area contributed by atoms with Crippen LogP contribution in [0.15, 0.2) is 24.3 Å². The Kier molecular flexibility index (Phi) is 4.49. The molecule has 0 spiro atoms. The summed E-state index contributed by atoms with van der Waals surface area (Å²) in [4.78, 5) is 11.0. The van der Waals surface area contributed by atoms with Crippen molar-refractivity contribution in [1.29, 1.82) is 0 Å². The molecule has 2 rings (SSSR count). The van der Waals surface area contributed by atoms with Gasteiger partial charge in [-0.3, -0.25) is 10.1 Å². The highest BCUT2D eigenvalue weighted by molar-refractivity contribution is 7.99. The first-order valence-corrected chi connectivity index (χ1v) is 7.09. The van der Waals surface area contributed by atoms with E-state index < -0.39 is 12.0 Å². The quantitative estimate of drug-likeness (QED) is 0.876. The first-order chi connectivity index (χ1) is 8.70. The van der Waals surface area contributed by atoms with Crippen LogP contribution in [0.5, 0.6) is 5.75 Å². The van der Waals surface area contributed by atoms with E-state index in [1.807, 2.05) is 31.2 Å². The van der Waals surface area contributed by atoms with Crippen LogP contribution in [-0.2, 0) is 4.79 Å². The molecule has 1 aliphatic heterocycles. The summed E-state index contributed by atoms with van der Waals surface area (Å²) >= 11 is 1.73. The lowest BCUT2D eigenvalue weighted by atomic mass is 10.1. The van der Waals surface area contributed by atoms with Crippen LogP contribution in [0, 0.1) is 0 Å². The van der Waals surface area contributed by atoms with Crippen molar-refractivity contribution in [2.75, 3.05) is 12.4 Å². The maximum absolute atomic E-state index is 11.0. The van der Waals surface area contributed by atoms with Gasteiger partial charge in [0.15, 0.2) is 0 Å². The van der Waals surface area contributed by atoms with Gasteiger partial charge in [0.2, 0.25) is 0 Å². The maximum Gasteiger partial charge on any atom is 0.320 e. The molecule has 2 N–H and O–H groups in total. The van der Waals surface area contributed by atoms with Crippen LogP contribution in [0.25, 0.3) is 0 Å². The van der Waals surface area contributed by atoms with Crippen molar-refractivity contribution >= 4 is 17.7 Å². The fraction of sp³-hybridized carbons (Fsp3) is 0.462. The molecule has 0 amide bonds. The summed E-state index contributed by atoms with van der Waals surface area (Å²) in [6.45, 7) is 2.58. The molecule has 1 heterocycles. The van der Waals surface area contributed by atoms with E-state index in [4.69, 9.17) is 9.84 Å². The maximum atomic E-state index is 11.0. The van der Waals surface area contributed by atoms with E-state index in [9.17, 15) is 4.79 Å². The lowest BCUT2D eigenvalue weighted by Gasteiger charge is -2.28. The monoisotopic (exact) mass is 267 g/mol. The van der Waals surface area contributed by atoms with E-state index in [2.05, 4.69) is 5.32 Å². The first-order valence-electron chi connectivity index (χ1n) is 6.04. The Morgan fingerprint density at radius 3 is 3.17 bits per heavy atom. The van der Waals surface area contributed by atoms with Gasteiger partial charge < -0.3 is 9.84 Å². The molecule has 0 aliphatic carbocycles. The topological polar surface area (TPSA) is 58.6 Å². The molecule has 2 unspecified atom stereocenters. The Bertz CT molecular complexity index is 424. The van der Waals surface area contributed by atoms with Crippen LogP contribution in [0.4, 0.5) is 0 Å². The largest absolute Gasteiger partial charge is 0.494 e. The number of benzene rings is 1. The zero-order valence-corrected chi connectivity index (χ0v) is 11.1. The molecule has 0 radical (unpaired) electrons. The Balaban J connectivity index is 2.10. The van der Waals surface area contributed by atoms with Gasteiger partial charge in [0.05, 0.1) is 12.0 Å². The normalized spacial score (nSPS) is 23.6. The fourth-order valence-corrected chi connectivity index (χ4v) is 3.15. The van der Waals surface area contributed by atoms with Gasteiger partial charge in [0.25, 0.3) is 0 Å². The summed E-state index contributed by atoms with van der Waals surface area (Å²) in [5.74, 6) is 0.907. The Morgan fingerprint density at radius 1 is 1.61 bits per heavy atom. The standard InChI is InChI=1S/C13H17NO3S/c1-2-17-10-5-3-4-9(8-10)12-14-11(13(15)16)6-7-18-12/h3-5,8,11-12,14H,2,6-7H2,1H3,(H,15,16). The molecule has 1 aromatic carbocycles. The van der Waals surface area contributed by atoms with Gasteiger partial charge in [-0.1, -0.05) is 12.1 Å². The van der Waals surface area contributed by atoms with E-state index >= 15 is 0 Å². The predicted octanol–water partition coefficient (Wildman–Crippen LogP) is 2.26. The molecule has 1 saturated heterocycles. The number of hydrogen-bond donors (Lipinski definition) is 2. The number of hydrogen-bond acceptors (Lipinski definition) is 4. The fourth-order valence-electron chi connectivity index (χ4n) is 1.94. The van der Waals surface area contributed by atoms with E-state index in [1.54, 1.807) is 11.8 Å². The SMILES string of the molecule is CCOc1cccc(C2NC(C(=O)O)CCS2)c1. The van der Waals surface area contributed by atoms with Crippen LogP contribution in [0.2, 0.25) is 0 Å². The van der Waals surface area contributed by atoms with Gasteiger partial charge >= 0.3 is 5.97 Å².